The molecule has 6 heteroatoms. The molecule has 2 amide bonds. The number of aliphatic carboxylic acids is 1. The third kappa shape index (κ3) is 3.75. The number of hydrogen-bond acceptors (Lipinski definition) is 3. The second-order valence-electron chi connectivity index (χ2n) is 5.58. The SMILES string of the molecule is CCC1(C(=O)O)CCCN(C(=O)NCCc2ccsc2)C1. The summed E-state index contributed by atoms with van der Waals surface area (Å²) in [4.78, 5) is 25.3. The zero-order chi connectivity index (χ0) is 15.3. The van der Waals surface area contributed by atoms with Crippen molar-refractivity contribution < 1.29 is 14.7 Å². The summed E-state index contributed by atoms with van der Waals surface area (Å²) in [5.74, 6) is -0.791. The fraction of sp³-hybridized carbons (Fsp3) is 0.600. The highest BCUT2D eigenvalue weighted by atomic mass is 32.1. The van der Waals surface area contributed by atoms with Crippen LogP contribution in [0.25, 0.3) is 0 Å². The topological polar surface area (TPSA) is 69.6 Å². The number of nitrogens with zero attached hydrogens (tertiary/aromatic N) is 1. The average Bonchev–Trinajstić information content (AvgIpc) is 3.00. The van der Waals surface area contributed by atoms with Gasteiger partial charge in [-0.05, 0) is 48.1 Å². The molecule has 1 atom stereocenters. The second kappa shape index (κ2) is 6.93. The van der Waals surface area contributed by atoms with Gasteiger partial charge in [-0.15, -0.1) is 0 Å². The van der Waals surface area contributed by atoms with Crippen molar-refractivity contribution in [3.63, 3.8) is 0 Å². The number of amides is 2. The summed E-state index contributed by atoms with van der Waals surface area (Å²) in [6.07, 6.45) is 2.76. The largest absolute Gasteiger partial charge is 0.481 e. The Morgan fingerprint density at radius 1 is 1.52 bits per heavy atom. The Bertz CT molecular complexity index is 489. The summed E-state index contributed by atoms with van der Waals surface area (Å²) in [6, 6.07) is 1.90. The van der Waals surface area contributed by atoms with Crippen LogP contribution in [0, 0.1) is 5.41 Å². The summed E-state index contributed by atoms with van der Waals surface area (Å²) < 4.78 is 0. The standard InChI is InChI=1S/C15H22N2O3S/c1-2-15(13(18)19)6-3-8-17(11-15)14(20)16-7-4-12-5-9-21-10-12/h5,9-10H,2-4,6-8,11H2,1H3,(H,16,20)(H,18,19). The van der Waals surface area contributed by atoms with E-state index in [1.807, 2.05) is 18.4 Å². The molecule has 2 heterocycles. The van der Waals surface area contributed by atoms with Gasteiger partial charge >= 0.3 is 12.0 Å². The lowest BCUT2D eigenvalue weighted by Gasteiger charge is -2.39. The number of thiophene rings is 1. The first-order valence-electron chi connectivity index (χ1n) is 7.34. The highest BCUT2D eigenvalue weighted by Crippen LogP contribution is 2.33. The van der Waals surface area contributed by atoms with E-state index in [0.29, 0.717) is 32.5 Å². The van der Waals surface area contributed by atoms with Crippen molar-refractivity contribution in [1.29, 1.82) is 0 Å². The summed E-state index contributed by atoms with van der Waals surface area (Å²) in [7, 11) is 0. The summed E-state index contributed by atoms with van der Waals surface area (Å²) in [5.41, 5.74) is 0.440. The van der Waals surface area contributed by atoms with Crippen LogP contribution in [-0.4, -0.2) is 41.6 Å². The maximum absolute atomic E-state index is 12.2. The minimum atomic E-state index is -0.791. The van der Waals surface area contributed by atoms with Gasteiger partial charge < -0.3 is 15.3 Å². The number of likely N-dealkylation sites (tertiary alicyclic amines) is 1. The van der Waals surface area contributed by atoms with Gasteiger partial charge in [-0.2, -0.15) is 11.3 Å². The summed E-state index contributed by atoms with van der Waals surface area (Å²) >= 11 is 1.64. The van der Waals surface area contributed by atoms with Gasteiger partial charge in [-0.25, -0.2) is 4.79 Å². The first-order valence-corrected chi connectivity index (χ1v) is 8.29. The molecule has 1 aromatic rings. The minimum Gasteiger partial charge on any atom is -0.481 e. The number of urea groups is 1. The molecule has 1 fully saturated rings. The van der Waals surface area contributed by atoms with Crippen LogP contribution in [0.5, 0.6) is 0 Å². The minimum absolute atomic E-state index is 0.149. The molecular formula is C15H22N2O3S. The number of carbonyl (C=O) groups excluding carboxylic acids is 1. The van der Waals surface area contributed by atoms with Crippen molar-refractivity contribution >= 4 is 23.3 Å². The van der Waals surface area contributed by atoms with E-state index in [-0.39, 0.29) is 6.03 Å². The average molecular weight is 310 g/mol. The van der Waals surface area contributed by atoms with Crippen molar-refractivity contribution in [3.05, 3.63) is 22.4 Å². The number of piperidine rings is 1. The van der Waals surface area contributed by atoms with Gasteiger partial charge in [0.2, 0.25) is 0 Å². The van der Waals surface area contributed by atoms with Crippen LogP contribution in [0.2, 0.25) is 0 Å². The Morgan fingerprint density at radius 2 is 2.33 bits per heavy atom. The lowest BCUT2D eigenvalue weighted by Crippen LogP contribution is -2.52. The van der Waals surface area contributed by atoms with Gasteiger partial charge in [0.05, 0.1) is 5.41 Å². The van der Waals surface area contributed by atoms with E-state index in [4.69, 9.17) is 0 Å². The number of carboxylic acids is 1. The predicted molar refractivity (Wildman–Crippen MR) is 82.6 cm³/mol. The van der Waals surface area contributed by atoms with Crippen LogP contribution >= 0.6 is 11.3 Å². The van der Waals surface area contributed by atoms with Crippen LogP contribution in [0.15, 0.2) is 16.8 Å². The van der Waals surface area contributed by atoms with E-state index in [1.54, 1.807) is 16.2 Å². The number of nitrogens with one attached hydrogen (secondary N) is 1. The number of carboxylic acid groups (broad SMARTS) is 1. The lowest BCUT2D eigenvalue weighted by molar-refractivity contribution is -0.152. The molecule has 2 rings (SSSR count). The van der Waals surface area contributed by atoms with Crippen molar-refractivity contribution in [2.45, 2.75) is 32.6 Å². The molecule has 21 heavy (non-hydrogen) atoms. The highest BCUT2D eigenvalue weighted by Gasteiger charge is 2.42. The molecule has 1 aromatic heterocycles. The molecule has 1 aliphatic rings. The normalized spacial score (nSPS) is 22.0. The van der Waals surface area contributed by atoms with Crippen LogP contribution in [-0.2, 0) is 11.2 Å². The lowest BCUT2D eigenvalue weighted by atomic mass is 9.78. The van der Waals surface area contributed by atoms with Gasteiger partial charge in [0.25, 0.3) is 0 Å². The first-order chi connectivity index (χ1) is 10.1. The van der Waals surface area contributed by atoms with E-state index in [0.717, 1.165) is 12.8 Å². The number of carbonyl (C=O) groups is 2. The van der Waals surface area contributed by atoms with Crippen LogP contribution < -0.4 is 5.32 Å². The van der Waals surface area contributed by atoms with E-state index < -0.39 is 11.4 Å². The molecule has 0 saturated carbocycles. The van der Waals surface area contributed by atoms with Crippen molar-refractivity contribution in [3.8, 4) is 0 Å². The van der Waals surface area contributed by atoms with Crippen molar-refractivity contribution in [2.75, 3.05) is 19.6 Å². The summed E-state index contributed by atoms with van der Waals surface area (Å²) in [5, 5.41) is 16.4. The van der Waals surface area contributed by atoms with E-state index >= 15 is 0 Å². The Morgan fingerprint density at radius 3 is 2.95 bits per heavy atom. The van der Waals surface area contributed by atoms with Gasteiger partial charge in [0.1, 0.15) is 0 Å². The van der Waals surface area contributed by atoms with Crippen molar-refractivity contribution in [1.82, 2.24) is 10.2 Å². The Hall–Kier alpha value is -1.56. The van der Waals surface area contributed by atoms with Crippen LogP contribution in [0.4, 0.5) is 4.79 Å². The number of hydrogen-bond donors (Lipinski definition) is 2. The fourth-order valence-electron chi connectivity index (χ4n) is 2.78. The molecule has 1 saturated heterocycles. The van der Waals surface area contributed by atoms with Crippen LogP contribution in [0.3, 0.4) is 0 Å². The molecule has 1 aliphatic heterocycles. The smallest absolute Gasteiger partial charge is 0.317 e. The Labute approximate surface area is 129 Å². The molecule has 0 spiro atoms. The molecule has 116 valence electrons. The monoisotopic (exact) mass is 310 g/mol. The maximum Gasteiger partial charge on any atom is 0.317 e. The zero-order valence-electron chi connectivity index (χ0n) is 12.3. The number of rotatable bonds is 5. The summed E-state index contributed by atoms with van der Waals surface area (Å²) in [6.45, 7) is 3.41. The molecule has 1 unspecified atom stereocenters. The van der Waals surface area contributed by atoms with Gasteiger partial charge in [-0.1, -0.05) is 6.92 Å². The van der Waals surface area contributed by atoms with E-state index in [2.05, 4.69) is 10.7 Å². The van der Waals surface area contributed by atoms with Gasteiger partial charge in [-0.3, -0.25) is 4.79 Å². The molecule has 0 bridgehead atoms. The molecule has 2 N–H and O–H groups in total. The van der Waals surface area contributed by atoms with E-state index in [1.165, 1.54) is 5.56 Å². The first kappa shape index (κ1) is 15.8. The van der Waals surface area contributed by atoms with E-state index in [9.17, 15) is 14.7 Å². The third-order valence-electron chi connectivity index (χ3n) is 4.26. The molecule has 0 radical (unpaired) electrons. The van der Waals surface area contributed by atoms with Gasteiger partial charge in [0.15, 0.2) is 0 Å². The molecular weight excluding hydrogens is 288 g/mol. The Kier molecular flexibility index (Phi) is 5.22. The fourth-order valence-corrected chi connectivity index (χ4v) is 3.48. The third-order valence-corrected chi connectivity index (χ3v) is 5.00. The maximum atomic E-state index is 12.2. The highest BCUT2D eigenvalue weighted by molar-refractivity contribution is 7.07. The van der Waals surface area contributed by atoms with Crippen molar-refractivity contribution in [2.24, 2.45) is 5.41 Å². The predicted octanol–water partition coefficient (Wildman–Crippen LogP) is 2.58. The second-order valence-corrected chi connectivity index (χ2v) is 6.36. The molecule has 0 aromatic carbocycles. The van der Waals surface area contributed by atoms with Crippen LogP contribution in [0.1, 0.15) is 31.7 Å². The zero-order valence-corrected chi connectivity index (χ0v) is 13.1. The molecule has 0 aliphatic carbocycles. The Balaban J connectivity index is 1.85. The molecule has 5 nitrogen and oxygen atoms in total. The quantitative estimate of drug-likeness (QED) is 0.878. The van der Waals surface area contributed by atoms with Gasteiger partial charge in [0, 0.05) is 19.6 Å².